The molecule has 2 aromatic heterocycles. The molecule has 0 spiro atoms. The van der Waals surface area contributed by atoms with Crippen LogP contribution in [0.25, 0.3) is 0 Å². The smallest absolute Gasteiger partial charge is 0.752 e. The molecule has 6 nitrogen and oxygen atoms in total. The summed E-state index contributed by atoms with van der Waals surface area (Å²) in [7, 11) is 0. The Morgan fingerprint density at radius 2 is 1.10 bits per heavy atom. The van der Waals surface area contributed by atoms with Crippen molar-refractivity contribution < 1.29 is 16.8 Å². The Morgan fingerprint density at radius 3 is 1.38 bits per heavy atom. The molecule has 2 heterocycles. The standard InChI is InChI=1S/2C9H11N3S2.Co/c2*1-7(11-12-9(13)14-2)8-5-3-4-6-10-8;/h2*3-6H,1-2H3,(H,12,13);/q;;+2/p-2. The van der Waals surface area contributed by atoms with Crippen LogP contribution in [-0.2, 0) is 42.0 Å². The molecule has 0 saturated heterocycles. The van der Waals surface area contributed by atoms with E-state index in [9.17, 15) is 0 Å². The second-order valence-corrected chi connectivity index (χ2v) is 7.82. The molecule has 0 bridgehead atoms. The summed E-state index contributed by atoms with van der Waals surface area (Å²) in [6.45, 7) is 3.71. The third-order valence-electron chi connectivity index (χ3n) is 2.98. The minimum absolute atomic E-state index is 0. The fourth-order valence-corrected chi connectivity index (χ4v) is 1.90. The molecule has 0 atom stereocenters. The number of nitrogens with zero attached hydrogens (tertiary/aromatic N) is 6. The van der Waals surface area contributed by atoms with E-state index in [1.807, 2.05) is 62.8 Å². The summed E-state index contributed by atoms with van der Waals surface area (Å²) < 4.78 is 1.06. The molecule has 0 aliphatic rings. The van der Waals surface area contributed by atoms with Gasteiger partial charge in [0.1, 0.15) is 0 Å². The summed E-state index contributed by atoms with van der Waals surface area (Å²) in [5, 5.41) is 15.7. The molecule has 0 unspecified atom stereocenters. The van der Waals surface area contributed by atoms with Gasteiger partial charge in [0.25, 0.3) is 0 Å². The van der Waals surface area contributed by atoms with Crippen molar-refractivity contribution in [2.45, 2.75) is 13.8 Å². The maximum absolute atomic E-state index is 4.89. The average molecular weight is 508 g/mol. The average Bonchev–Trinajstić information content (AvgIpc) is 2.76. The van der Waals surface area contributed by atoms with Crippen molar-refractivity contribution in [3.8, 4) is 0 Å². The van der Waals surface area contributed by atoms with Crippen molar-refractivity contribution in [1.29, 1.82) is 0 Å². The SMILES string of the molecule is CSC([S-])=NN=C(C)c1ccccn1.CSC([S-])=NN=C(C)c1ccccn1.[Co+2]. The van der Waals surface area contributed by atoms with Gasteiger partial charge in [-0.3, -0.25) is 9.97 Å². The first kappa shape index (κ1) is 27.6. The third-order valence-corrected chi connectivity index (χ3v) is 5.01. The van der Waals surface area contributed by atoms with Crippen LogP contribution < -0.4 is 0 Å². The van der Waals surface area contributed by atoms with Crippen molar-refractivity contribution >= 4 is 69.0 Å². The second kappa shape index (κ2) is 16.4. The van der Waals surface area contributed by atoms with Crippen LogP contribution in [-0.4, -0.2) is 42.7 Å². The summed E-state index contributed by atoms with van der Waals surface area (Å²) >= 11 is 12.6. The van der Waals surface area contributed by atoms with Crippen molar-refractivity contribution in [3.05, 3.63) is 60.2 Å². The topological polar surface area (TPSA) is 75.2 Å². The Bertz CT molecular complexity index is 770. The fourth-order valence-electron chi connectivity index (χ4n) is 1.57. The molecule has 0 aliphatic carbocycles. The zero-order valence-corrected chi connectivity index (χ0v) is 20.6. The molecule has 2 aromatic rings. The van der Waals surface area contributed by atoms with Gasteiger partial charge in [0.05, 0.1) is 22.8 Å². The van der Waals surface area contributed by atoms with Gasteiger partial charge < -0.3 is 25.3 Å². The van der Waals surface area contributed by atoms with E-state index in [-0.39, 0.29) is 16.8 Å². The molecule has 11 heteroatoms. The molecule has 2 rings (SSSR count). The molecule has 0 amide bonds. The van der Waals surface area contributed by atoms with Crippen LogP contribution in [0.4, 0.5) is 0 Å². The largest absolute Gasteiger partial charge is 2.00 e. The van der Waals surface area contributed by atoms with E-state index >= 15 is 0 Å². The Balaban J connectivity index is 0.000000523. The van der Waals surface area contributed by atoms with Crippen molar-refractivity contribution in [1.82, 2.24) is 9.97 Å². The summed E-state index contributed by atoms with van der Waals surface area (Å²) in [5.41, 5.74) is 3.17. The zero-order valence-electron chi connectivity index (χ0n) is 16.3. The van der Waals surface area contributed by atoms with E-state index in [1.165, 1.54) is 23.5 Å². The van der Waals surface area contributed by atoms with Crippen LogP contribution in [0, 0.1) is 0 Å². The van der Waals surface area contributed by atoms with Gasteiger partial charge in [0.15, 0.2) is 0 Å². The minimum atomic E-state index is 0. The van der Waals surface area contributed by atoms with Crippen LogP contribution in [0.15, 0.2) is 69.2 Å². The van der Waals surface area contributed by atoms with Gasteiger partial charge in [-0.15, -0.1) is 23.5 Å². The molecule has 0 aliphatic heterocycles. The van der Waals surface area contributed by atoms with Crippen LogP contribution >= 0.6 is 23.5 Å². The van der Waals surface area contributed by atoms with Gasteiger partial charge in [-0.05, 0) is 59.4 Å². The van der Waals surface area contributed by atoms with Gasteiger partial charge >= 0.3 is 16.8 Å². The van der Waals surface area contributed by atoms with Crippen molar-refractivity contribution in [2.75, 3.05) is 12.5 Å². The molecule has 0 fully saturated rings. The number of rotatable bonds is 4. The number of hydrogen-bond donors (Lipinski definition) is 0. The molecule has 0 saturated carbocycles. The predicted octanol–water partition coefficient (Wildman–Crippen LogP) is 4.14. The number of aromatic nitrogens is 2. The predicted molar refractivity (Wildman–Crippen MR) is 130 cm³/mol. The van der Waals surface area contributed by atoms with E-state index in [4.69, 9.17) is 25.3 Å². The number of thioether (sulfide) groups is 2. The summed E-state index contributed by atoms with van der Waals surface area (Å²) in [5.74, 6) is 0. The Kier molecular flexibility index (Phi) is 15.6. The summed E-state index contributed by atoms with van der Waals surface area (Å²) in [6.07, 6.45) is 7.19. The van der Waals surface area contributed by atoms with E-state index in [0.717, 1.165) is 22.8 Å². The van der Waals surface area contributed by atoms with Gasteiger partial charge in [-0.25, -0.2) is 0 Å². The fraction of sp³-hybridized carbons (Fsp3) is 0.222. The third kappa shape index (κ3) is 12.0. The van der Waals surface area contributed by atoms with Crippen LogP contribution in [0.3, 0.4) is 0 Å². The quantitative estimate of drug-likeness (QED) is 0.268. The molecule has 155 valence electrons. The zero-order chi connectivity index (χ0) is 20.8. The van der Waals surface area contributed by atoms with Gasteiger partial charge in [-0.1, -0.05) is 12.1 Å². The van der Waals surface area contributed by atoms with E-state index in [2.05, 4.69) is 30.4 Å². The first-order valence-corrected chi connectivity index (χ1v) is 11.2. The Labute approximate surface area is 201 Å². The first-order valence-electron chi connectivity index (χ1n) is 7.97. The van der Waals surface area contributed by atoms with Crippen LogP contribution in [0.2, 0.25) is 0 Å². The van der Waals surface area contributed by atoms with Crippen LogP contribution in [0.5, 0.6) is 0 Å². The molecule has 29 heavy (non-hydrogen) atoms. The van der Waals surface area contributed by atoms with Crippen molar-refractivity contribution in [3.63, 3.8) is 0 Å². The monoisotopic (exact) mass is 507 g/mol. The normalized spacial score (nSPS) is 12.6. The molecule has 1 radical (unpaired) electrons. The van der Waals surface area contributed by atoms with Crippen LogP contribution in [0.1, 0.15) is 25.2 Å². The maximum Gasteiger partial charge on any atom is 2.00 e. The van der Waals surface area contributed by atoms with Gasteiger partial charge in [0.2, 0.25) is 0 Å². The molecular weight excluding hydrogens is 487 g/mol. The molecular formula is C18H20CoN6S4. The number of pyridine rings is 2. The van der Waals surface area contributed by atoms with E-state index in [0.29, 0.717) is 8.75 Å². The second-order valence-electron chi connectivity index (χ2n) is 4.94. The van der Waals surface area contributed by atoms with E-state index < -0.39 is 0 Å². The first-order chi connectivity index (χ1) is 13.5. The number of hydrogen-bond acceptors (Lipinski definition) is 10. The summed E-state index contributed by atoms with van der Waals surface area (Å²) in [6, 6.07) is 11.3. The van der Waals surface area contributed by atoms with Crippen molar-refractivity contribution in [2.24, 2.45) is 20.4 Å². The molecule has 0 aromatic carbocycles. The summed E-state index contributed by atoms with van der Waals surface area (Å²) in [4.78, 5) is 8.28. The Morgan fingerprint density at radius 1 is 0.724 bits per heavy atom. The van der Waals surface area contributed by atoms with E-state index in [1.54, 1.807) is 12.4 Å². The van der Waals surface area contributed by atoms with Gasteiger partial charge in [-0.2, -0.15) is 20.4 Å². The molecule has 0 N–H and O–H groups in total. The minimum Gasteiger partial charge on any atom is -0.752 e. The van der Waals surface area contributed by atoms with Gasteiger partial charge in [0, 0.05) is 12.4 Å². The maximum atomic E-state index is 4.89. The Hall–Kier alpha value is -1.37.